The van der Waals surface area contributed by atoms with E-state index in [0.29, 0.717) is 0 Å². The Bertz CT molecular complexity index is 177. The monoisotopic (exact) mass is 197 g/mol. The lowest BCUT2D eigenvalue weighted by Crippen LogP contribution is -2.60. The van der Waals surface area contributed by atoms with Gasteiger partial charge in [-0.3, -0.25) is 4.90 Å². The van der Waals surface area contributed by atoms with Gasteiger partial charge in [0.2, 0.25) is 0 Å². The summed E-state index contributed by atoms with van der Waals surface area (Å²) in [6.07, 6.45) is 0. The Labute approximate surface area is 87.4 Å². The predicted molar refractivity (Wildman–Crippen MR) is 59.5 cm³/mol. The molecule has 0 aromatic heterocycles. The fourth-order valence-corrected chi connectivity index (χ4v) is 2.49. The van der Waals surface area contributed by atoms with Crippen LogP contribution in [0, 0.1) is 5.92 Å². The molecule has 0 amide bonds. The normalized spacial score (nSPS) is 32.6. The van der Waals surface area contributed by atoms with Gasteiger partial charge < -0.3 is 10.2 Å². The zero-order chi connectivity index (χ0) is 9.97. The van der Waals surface area contributed by atoms with E-state index in [0.717, 1.165) is 12.0 Å². The molecule has 3 heteroatoms. The summed E-state index contributed by atoms with van der Waals surface area (Å²) in [6.45, 7) is 13.3. The smallest absolute Gasteiger partial charge is 0.0351 e. The quantitative estimate of drug-likeness (QED) is 0.684. The summed E-state index contributed by atoms with van der Waals surface area (Å²) < 4.78 is 0. The predicted octanol–water partition coefficient (Wildman–Crippen LogP) is 0.232. The minimum absolute atomic E-state index is 0.813. The van der Waals surface area contributed by atoms with E-state index in [4.69, 9.17) is 0 Å². The molecule has 2 heterocycles. The highest BCUT2D eigenvalue weighted by molar-refractivity contribution is 4.89. The first-order chi connectivity index (χ1) is 6.79. The summed E-state index contributed by atoms with van der Waals surface area (Å²) in [5.41, 5.74) is 0. The maximum Gasteiger partial charge on any atom is 0.0351 e. The Hall–Kier alpha value is -0.120. The van der Waals surface area contributed by atoms with Gasteiger partial charge in [0, 0.05) is 38.8 Å². The first kappa shape index (κ1) is 10.4. The Morgan fingerprint density at radius 3 is 2.79 bits per heavy atom. The highest BCUT2D eigenvalue weighted by Gasteiger charge is 2.31. The van der Waals surface area contributed by atoms with Crippen LogP contribution < -0.4 is 5.32 Å². The van der Waals surface area contributed by atoms with Crippen molar-refractivity contribution >= 4 is 0 Å². The van der Waals surface area contributed by atoms with Crippen molar-refractivity contribution in [3.8, 4) is 0 Å². The van der Waals surface area contributed by atoms with Gasteiger partial charge in [0.1, 0.15) is 0 Å². The molecule has 0 saturated carbocycles. The molecule has 3 nitrogen and oxygen atoms in total. The lowest BCUT2D eigenvalue weighted by molar-refractivity contribution is 0.0361. The van der Waals surface area contributed by atoms with Gasteiger partial charge in [0.05, 0.1) is 0 Å². The first-order valence-electron chi connectivity index (χ1n) is 5.96. The number of hydrogen-bond donors (Lipinski definition) is 1. The van der Waals surface area contributed by atoms with Crippen molar-refractivity contribution < 1.29 is 0 Å². The number of likely N-dealkylation sites (tertiary alicyclic amines) is 1. The second-order valence-electron chi connectivity index (χ2n) is 4.81. The van der Waals surface area contributed by atoms with Crippen molar-refractivity contribution in [1.82, 2.24) is 15.1 Å². The summed E-state index contributed by atoms with van der Waals surface area (Å²) in [6, 6.07) is 0.845. The van der Waals surface area contributed by atoms with E-state index in [1.165, 1.54) is 45.8 Å². The van der Waals surface area contributed by atoms with Gasteiger partial charge in [-0.15, -0.1) is 0 Å². The van der Waals surface area contributed by atoms with Crippen molar-refractivity contribution in [3.05, 3.63) is 0 Å². The molecule has 14 heavy (non-hydrogen) atoms. The van der Waals surface area contributed by atoms with Crippen LogP contribution in [0.15, 0.2) is 0 Å². The third-order valence-electron chi connectivity index (χ3n) is 3.52. The van der Waals surface area contributed by atoms with E-state index in [2.05, 4.69) is 29.0 Å². The number of nitrogens with zero attached hydrogens (tertiary/aromatic N) is 2. The average Bonchev–Trinajstić information content (AvgIpc) is 2.28. The maximum atomic E-state index is 3.50. The molecule has 0 bridgehead atoms. The van der Waals surface area contributed by atoms with Crippen LogP contribution in [0.2, 0.25) is 0 Å². The molecule has 0 aromatic carbocycles. The molecule has 1 unspecified atom stereocenters. The van der Waals surface area contributed by atoms with E-state index in [1.54, 1.807) is 0 Å². The molecule has 0 radical (unpaired) electrons. The highest BCUT2D eigenvalue weighted by Crippen LogP contribution is 2.16. The van der Waals surface area contributed by atoms with Crippen LogP contribution in [0.25, 0.3) is 0 Å². The fourth-order valence-electron chi connectivity index (χ4n) is 2.49. The van der Waals surface area contributed by atoms with Crippen molar-refractivity contribution in [2.24, 2.45) is 5.92 Å². The summed E-state index contributed by atoms with van der Waals surface area (Å²) in [5.74, 6) is 0.813. The molecule has 2 fully saturated rings. The van der Waals surface area contributed by atoms with E-state index < -0.39 is 0 Å². The van der Waals surface area contributed by atoms with Gasteiger partial charge in [-0.1, -0.05) is 13.8 Å². The van der Waals surface area contributed by atoms with E-state index in [1.807, 2.05) is 0 Å². The average molecular weight is 197 g/mol. The standard InChI is InChI=1S/C11H23N3/c1-3-13-8-11(9-13)14-5-4-12-6-10(2)7-14/h10-12H,3-9H2,1-2H3. The van der Waals surface area contributed by atoms with Crippen LogP contribution in [0.3, 0.4) is 0 Å². The third kappa shape index (κ3) is 2.27. The van der Waals surface area contributed by atoms with Crippen LogP contribution in [0.5, 0.6) is 0 Å². The van der Waals surface area contributed by atoms with Crippen LogP contribution >= 0.6 is 0 Å². The molecular weight excluding hydrogens is 174 g/mol. The summed E-state index contributed by atoms with van der Waals surface area (Å²) in [5, 5.41) is 3.50. The number of rotatable bonds is 2. The van der Waals surface area contributed by atoms with Gasteiger partial charge >= 0.3 is 0 Å². The molecule has 0 spiro atoms. The largest absolute Gasteiger partial charge is 0.315 e. The Kier molecular flexibility index (Phi) is 3.42. The van der Waals surface area contributed by atoms with Crippen LogP contribution in [0.1, 0.15) is 13.8 Å². The first-order valence-corrected chi connectivity index (χ1v) is 5.96. The lowest BCUT2D eigenvalue weighted by Gasteiger charge is -2.45. The lowest BCUT2D eigenvalue weighted by atomic mass is 10.1. The minimum Gasteiger partial charge on any atom is -0.315 e. The SMILES string of the molecule is CCN1CC(N2CCNCC(C)C2)C1. The van der Waals surface area contributed by atoms with Gasteiger partial charge in [0.25, 0.3) is 0 Å². The molecule has 0 aromatic rings. The summed E-state index contributed by atoms with van der Waals surface area (Å²) in [7, 11) is 0. The molecular formula is C11H23N3. The molecule has 82 valence electrons. The van der Waals surface area contributed by atoms with Crippen molar-refractivity contribution in [1.29, 1.82) is 0 Å². The van der Waals surface area contributed by atoms with Crippen molar-refractivity contribution in [2.45, 2.75) is 19.9 Å². The molecule has 2 rings (SSSR count). The summed E-state index contributed by atoms with van der Waals surface area (Å²) >= 11 is 0. The molecule has 1 atom stereocenters. The van der Waals surface area contributed by atoms with Crippen LogP contribution in [-0.4, -0.2) is 61.7 Å². The fraction of sp³-hybridized carbons (Fsp3) is 1.00. The van der Waals surface area contributed by atoms with Gasteiger partial charge in [-0.2, -0.15) is 0 Å². The number of likely N-dealkylation sites (N-methyl/N-ethyl adjacent to an activating group) is 1. The Morgan fingerprint density at radius 2 is 2.07 bits per heavy atom. The van der Waals surface area contributed by atoms with E-state index >= 15 is 0 Å². The topological polar surface area (TPSA) is 18.5 Å². The Balaban J connectivity index is 1.79. The highest BCUT2D eigenvalue weighted by atomic mass is 15.3. The van der Waals surface area contributed by atoms with Gasteiger partial charge in [-0.05, 0) is 19.0 Å². The molecule has 2 aliphatic rings. The van der Waals surface area contributed by atoms with E-state index in [-0.39, 0.29) is 0 Å². The third-order valence-corrected chi connectivity index (χ3v) is 3.52. The van der Waals surface area contributed by atoms with Gasteiger partial charge in [0.15, 0.2) is 0 Å². The zero-order valence-electron chi connectivity index (χ0n) is 9.50. The Morgan fingerprint density at radius 1 is 1.29 bits per heavy atom. The zero-order valence-corrected chi connectivity index (χ0v) is 9.50. The molecule has 2 saturated heterocycles. The molecule has 0 aliphatic carbocycles. The van der Waals surface area contributed by atoms with Crippen molar-refractivity contribution in [3.63, 3.8) is 0 Å². The van der Waals surface area contributed by atoms with Crippen LogP contribution in [-0.2, 0) is 0 Å². The molecule has 2 aliphatic heterocycles. The number of nitrogens with one attached hydrogen (secondary N) is 1. The number of hydrogen-bond acceptors (Lipinski definition) is 3. The second kappa shape index (κ2) is 4.60. The van der Waals surface area contributed by atoms with E-state index in [9.17, 15) is 0 Å². The summed E-state index contributed by atoms with van der Waals surface area (Å²) in [4.78, 5) is 5.20. The van der Waals surface area contributed by atoms with Gasteiger partial charge in [-0.25, -0.2) is 0 Å². The second-order valence-corrected chi connectivity index (χ2v) is 4.81. The molecule has 1 N–H and O–H groups in total. The van der Waals surface area contributed by atoms with Crippen molar-refractivity contribution in [2.75, 3.05) is 45.8 Å². The maximum absolute atomic E-state index is 3.50. The minimum atomic E-state index is 0.813. The van der Waals surface area contributed by atoms with Crippen LogP contribution in [0.4, 0.5) is 0 Å².